The Bertz CT molecular complexity index is 4980. The quantitative estimate of drug-likeness (QED) is 0.0111. The lowest BCUT2D eigenvalue weighted by molar-refractivity contribution is -0.142. The number of hydrogen-bond acceptors (Lipinski definition) is 26. The van der Waals surface area contributed by atoms with Crippen LogP contribution in [0.3, 0.4) is 0 Å². The van der Waals surface area contributed by atoms with Gasteiger partial charge in [0.25, 0.3) is 0 Å². The first kappa shape index (κ1) is 115. The number of guanidine groups is 2. The molecule has 0 saturated heterocycles. The summed E-state index contributed by atoms with van der Waals surface area (Å²) in [7, 11) is 0. The molecule has 36 N–H and O–H groups in total. The largest absolute Gasteiger partial charge is 0.508 e. The number of aliphatic hydroxyl groups excluding tert-OH is 1. The Hall–Kier alpha value is -15.7. The van der Waals surface area contributed by atoms with E-state index in [0.29, 0.717) is 27.6 Å². The molecule has 0 spiro atoms. The molecule has 0 bridgehead atoms. The third-order valence-electron chi connectivity index (χ3n) is 20.7. The number of aliphatic hydroxyl groups is 1. The molecule has 1 aromatic heterocycles. The number of fused-ring (bicyclic) bond motifs is 1. The van der Waals surface area contributed by atoms with Gasteiger partial charge in [0.2, 0.25) is 112 Å². The standard InChI is InChI=1S/C86H127N27O25/c1-41(2)68(111-76(129)53(21-15-29-95-86(92)93)103-64(119)38-99-82(135)69(42(3)4)112-77(130)54(26-27-67(122)123)106-71(124)44(7)87)81(134)100-39-66(121)104-55(30-47-22-24-49(115)25-23-47)80(133)113-70(43(5)6)83(136)110-60(40-114)74(127)98-37-65(120)105-56(32-48-35-96-51-19-13-12-18-50(48)51)73(126)97-36-63(118)102-52(20-14-28-94-85(90)91)75(128)108-57(33-61(88)116)78(131)101-45(8)72(125)107-58(34-62(89)117)79(132)109-59(84(137)138)31-46-16-10-9-11-17-46/h9-13,16-19,22-25,35,41-45,52-60,68-70,96,114-115H,14-15,20-21,26-34,36-40,87H2,1-8H3,(H2,88,116)(H2,89,117)(H,97,126)(H,98,127)(H,99,135)(H,100,134)(H,101,131)(H,102,118)(H,103,119)(H,104,121)(H,105,120)(H,106,124)(H,107,125)(H,108,128)(H,109,132)(H,110,136)(H,111,129)(H,112,130)(H,113,133)(H,122,123)(H,137,138)(H4,90,91,94)(H4,92,93,95)/t44-,45-,52-,53-,54-,55-,56-,57-,58-,59-,60-,68-,69-,70-/m0/s1. The second kappa shape index (κ2) is 57.8. The number of carboxylic acids is 2. The molecule has 756 valence electrons. The van der Waals surface area contributed by atoms with Crippen molar-refractivity contribution in [2.24, 2.45) is 46.4 Å². The average Bonchev–Trinajstić information content (AvgIpc) is 1.67. The summed E-state index contributed by atoms with van der Waals surface area (Å²) in [5.41, 5.74) is 29.3. The van der Waals surface area contributed by atoms with Gasteiger partial charge in [-0.25, -0.2) is 4.79 Å². The SMILES string of the molecule is CC(C)[C@H](NC(=O)[C@H](CCCNC(=N)N)NC(=O)CNC(=O)[C@@H](NC(=O)[C@H](CCC(=O)O)NC(=O)[C@H](C)N)C(C)C)C(=O)NCC(=O)N[C@@H](Cc1ccc(O)cc1)C(=O)N[C@H](C(=O)N[C@@H](CO)C(=O)NCC(=O)N[C@@H](Cc1c[nH]c2ccccc12)C(=O)NCC(=O)N[C@@H](CCCNC(=N)N)C(=O)N[C@@H](CC(N)=O)C(=O)N[C@@H](C)C(=O)N[C@@H](CC(N)=O)C(=O)N[C@@H](Cc1ccccc1)C(=O)O)C(C)C. The fraction of sp³-hybridized carbons (Fsp3) is 0.500. The number of aromatic amines is 1. The number of hydrogen-bond donors (Lipinski definition) is 31. The van der Waals surface area contributed by atoms with Crippen LogP contribution in [0, 0.1) is 28.6 Å². The summed E-state index contributed by atoms with van der Waals surface area (Å²) in [5, 5.41) is 101. The number of nitrogens with one attached hydrogen (secondary N) is 22. The number of carboxylic acid groups (broad SMARTS) is 2. The summed E-state index contributed by atoms with van der Waals surface area (Å²) in [5.74, 6) is -25.8. The maximum absolute atomic E-state index is 14.4. The molecule has 0 saturated carbocycles. The van der Waals surface area contributed by atoms with Crippen molar-refractivity contribution >= 4 is 147 Å². The van der Waals surface area contributed by atoms with Gasteiger partial charge in [-0.1, -0.05) is 102 Å². The fourth-order valence-electron chi connectivity index (χ4n) is 13.3. The smallest absolute Gasteiger partial charge is 0.326 e. The van der Waals surface area contributed by atoms with Crippen molar-refractivity contribution in [1.29, 1.82) is 10.8 Å². The first-order valence-electron chi connectivity index (χ1n) is 43.9. The molecule has 14 atom stereocenters. The monoisotopic (exact) mass is 1940 g/mol. The van der Waals surface area contributed by atoms with Gasteiger partial charge in [0.05, 0.1) is 51.7 Å². The number of primary amides is 2. The van der Waals surface area contributed by atoms with Crippen LogP contribution in [0.25, 0.3) is 10.9 Å². The zero-order valence-corrected chi connectivity index (χ0v) is 77.4. The Labute approximate surface area is 792 Å². The molecule has 3 aromatic carbocycles. The van der Waals surface area contributed by atoms with Crippen molar-refractivity contribution in [3.8, 4) is 5.75 Å². The zero-order valence-electron chi connectivity index (χ0n) is 77.4. The van der Waals surface area contributed by atoms with Gasteiger partial charge in [-0.3, -0.25) is 107 Å². The Balaban J connectivity index is 1.47. The number of aromatic hydroxyl groups is 1. The van der Waals surface area contributed by atoms with Crippen LogP contribution in [0.5, 0.6) is 5.75 Å². The predicted molar refractivity (Wildman–Crippen MR) is 492 cm³/mol. The molecule has 19 amide bonds. The number of phenolic OH excluding ortho intramolecular Hbond substituents is 1. The number of rotatable bonds is 60. The topological polar surface area (TPSA) is 862 Å². The number of aliphatic carboxylic acids is 2. The van der Waals surface area contributed by atoms with E-state index in [1.807, 2.05) is 0 Å². The lowest BCUT2D eigenvalue weighted by Gasteiger charge is -2.27. The van der Waals surface area contributed by atoms with Crippen LogP contribution in [0.1, 0.15) is 123 Å². The van der Waals surface area contributed by atoms with Gasteiger partial charge in [-0.2, -0.15) is 0 Å². The molecule has 0 unspecified atom stereocenters. The van der Waals surface area contributed by atoms with Gasteiger partial charge in [0.1, 0.15) is 84.3 Å². The van der Waals surface area contributed by atoms with Gasteiger partial charge in [-0.15, -0.1) is 0 Å². The van der Waals surface area contributed by atoms with Crippen LogP contribution >= 0.6 is 0 Å². The van der Waals surface area contributed by atoms with Crippen LogP contribution < -0.4 is 130 Å². The van der Waals surface area contributed by atoms with Crippen molar-refractivity contribution in [3.05, 3.63) is 102 Å². The molecule has 0 aliphatic heterocycles. The van der Waals surface area contributed by atoms with Crippen molar-refractivity contribution in [3.63, 3.8) is 0 Å². The fourth-order valence-corrected chi connectivity index (χ4v) is 13.3. The summed E-state index contributed by atoms with van der Waals surface area (Å²) in [6, 6.07) is -1.46. The average molecular weight is 1940 g/mol. The lowest BCUT2D eigenvalue weighted by Crippen LogP contribution is -2.60. The van der Waals surface area contributed by atoms with Gasteiger partial charge >= 0.3 is 11.9 Å². The third-order valence-corrected chi connectivity index (χ3v) is 20.7. The summed E-state index contributed by atoms with van der Waals surface area (Å²) in [6.45, 7) is 6.91. The van der Waals surface area contributed by atoms with E-state index in [0.717, 1.165) is 6.92 Å². The number of benzene rings is 3. The number of carbonyl (C=O) groups is 21. The summed E-state index contributed by atoms with van der Waals surface area (Å²) in [4.78, 5) is 285. The molecule has 0 aliphatic carbocycles. The molecular formula is C86H127N27O25. The minimum atomic E-state index is -1.89. The van der Waals surface area contributed by atoms with Gasteiger partial charge in [0, 0.05) is 55.9 Å². The second-order valence-electron chi connectivity index (χ2n) is 33.3. The van der Waals surface area contributed by atoms with E-state index in [1.54, 1.807) is 68.4 Å². The maximum Gasteiger partial charge on any atom is 0.326 e. The molecule has 0 radical (unpaired) electrons. The van der Waals surface area contributed by atoms with Gasteiger partial charge in [0.15, 0.2) is 11.9 Å². The number of phenols is 1. The Morgan fingerprint density at radius 1 is 0.362 bits per heavy atom. The van der Waals surface area contributed by atoms with E-state index >= 15 is 0 Å². The van der Waals surface area contributed by atoms with Crippen molar-refractivity contribution in [2.45, 2.75) is 211 Å². The van der Waals surface area contributed by atoms with Crippen LogP contribution in [-0.2, 0) is 120 Å². The number of aromatic nitrogens is 1. The Morgan fingerprint density at radius 3 is 1.17 bits per heavy atom. The number of nitrogens with two attached hydrogens (primary N) is 5. The minimum absolute atomic E-state index is 0.0253. The predicted octanol–water partition coefficient (Wildman–Crippen LogP) is -9.78. The molecule has 4 aromatic rings. The van der Waals surface area contributed by atoms with Gasteiger partial charge in [-0.05, 0) is 98.6 Å². The van der Waals surface area contributed by atoms with E-state index in [1.165, 1.54) is 65.1 Å². The molecule has 0 fully saturated rings. The van der Waals surface area contributed by atoms with E-state index in [4.69, 9.17) is 39.5 Å². The highest BCUT2D eigenvalue weighted by molar-refractivity contribution is 6.02. The highest BCUT2D eigenvalue weighted by Crippen LogP contribution is 2.21. The number of carbonyl (C=O) groups excluding carboxylic acids is 19. The first-order valence-corrected chi connectivity index (χ1v) is 43.9. The molecule has 52 heteroatoms. The van der Waals surface area contributed by atoms with Crippen LogP contribution in [0.2, 0.25) is 0 Å². The summed E-state index contributed by atoms with van der Waals surface area (Å²) in [6.07, 6.45) is -2.35. The molecule has 138 heavy (non-hydrogen) atoms. The van der Waals surface area contributed by atoms with Crippen molar-refractivity contribution in [1.82, 2.24) is 106 Å². The summed E-state index contributed by atoms with van der Waals surface area (Å²) < 4.78 is 0. The molecule has 4 rings (SSSR count). The van der Waals surface area contributed by atoms with Gasteiger partial charge < -0.3 is 155 Å². The molecule has 52 nitrogen and oxygen atoms in total. The van der Waals surface area contributed by atoms with E-state index < -0.39 is 290 Å². The normalized spacial score (nSPS) is 14.0. The van der Waals surface area contributed by atoms with E-state index in [2.05, 4.69) is 106 Å². The van der Waals surface area contributed by atoms with Crippen LogP contribution in [0.4, 0.5) is 0 Å². The number of para-hydroxylation sites is 1. The third kappa shape index (κ3) is 41.4. The lowest BCUT2D eigenvalue weighted by atomic mass is 10.0. The van der Waals surface area contributed by atoms with E-state index in [9.17, 15) is 121 Å². The number of H-pyrrole nitrogens is 1. The first-order chi connectivity index (χ1) is 65.0. The Kier molecular flexibility index (Phi) is 48.0. The van der Waals surface area contributed by atoms with Crippen molar-refractivity contribution in [2.75, 3.05) is 45.9 Å². The highest BCUT2D eigenvalue weighted by Gasteiger charge is 2.38. The number of amides is 19. The van der Waals surface area contributed by atoms with Crippen molar-refractivity contribution < 1.29 is 121 Å². The minimum Gasteiger partial charge on any atom is -0.508 e. The summed E-state index contributed by atoms with van der Waals surface area (Å²) >= 11 is 0. The van der Waals surface area contributed by atoms with Crippen LogP contribution in [-0.4, -0.2) is 292 Å². The molecule has 1 heterocycles. The highest BCUT2D eigenvalue weighted by atomic mass is 16.4. The zero-order chi connectivity index (χ0) is 103. The Morgan fingerprint density at radius 2 is 0.725 bits per heavy atom. The molecular weight excluding hydrogens is 1810 g/mol. The van der Waals surface area contributed by atoms with Crippen LogP contribution in [0.15, 0.2) is 85.1 Å². The molecule has 0 aliphatic rings. The second-order valence-corrected chi connectivity index (χ2v) is 33.3. The maximum atomic E-state index is 14.4. The van der Waals surface area contributed by atoms with E-state index in [-0.39, 0.29) is 70.2 Å².